The number of aryl methyl sites for hydroxylation is 2. The predicted molar refractivity (Wildman–Crippen MR) is 169 cm³/mol. The van der Waals surface area contributed by atoms with Gasteiger partial charge < -0.3 is 24.5 Å². The molecule has 5 atom stereocenters. The van der Waals surface area contributed by atoms with Gasteiger partial charge in [-0.05, 0) is 56.2 Å². The topological polar surface area (TPSA) is 90.4 Å². The number of carbonyl (C=O) groups is 3. The maximum Gasteiger partial charge on any atom is 0.253 e. The van der Waals surface area contributed by atoms with Crippen LogP contribution in [-0.2, 0) is 25.7 Å². The quantitative estimate of drug-likeness (QED) is 0.344. The minimum absolute atomic E-state index is 0.0776. The van der Waals surface area contributed by atoms with Crippen molar-refractivity contribution in [2.45, 2.75) is 70.2 Å². The molecule has 4 aliphatic rings. The van der Waals surface area contributed by atoms with Gasteiger partial charge >= 0.3 is 0 Å². The van der Waals surface area contributed by atoms with Gasteiger partial charge in [0.25, 0.3) is 5.91 Å². The number of rotatable bonds is 9. The molecule has 232 valence electrons. The van der Waals surface area contributed by atoms with Gasteiger partial charge in [0.2, 0.25) is 11.8 Å². The molecule has 4 heterocycles. The summed E-state index contributed by atoms with van der Waals surface area (Å²) < 4.78 is 7.12. The van der Waals surface area contributed by atoms with Crippen molar-refractivity contribution in [1.29, 1.82) is 0 Å². The Morgan fingerprint density at radius 2 is 1.57 bits per heavy atom. The molecule has 1 unspecified atom stereocenters. The number of aliphatic hydroxyl groups is 1. The van der Waals surface area contributed by atoms with Crippen LogP contribution in [0, 0.1) is 25.7 Å². The summed E-state index contributed by atoms with van der Waals surface area (Å²) in [6.07, 6.45) is 10.3. The third-order valence-corrected chi connectivity index (χ3v) is 10.0. The van der Waals surface area contributed by atoms with Crippen molar-refractivity contribution >= 4 is 23.4 Å². The van der Waals surface area contributed by atoms with Crippen LogP contribution < -0.4 is 4.90 Å². The Bertz CT molecular complexity index is 1470. The lowest BCUT2D eigenvalue weighted by atomic mass is 9.73. The standard InChI is InChI=1S/C36H43N3O5/c1-4-35-18-12-20-37(24-27-16-7-5-8-17-27)32(41)28(35)29-33(42)39(21-9-6-10-23-40)31-34(43)38(22-13-19-36(29,31)44-35)30-25(2)14-11-15-26(30)3/h5,7-8,11-19,28-29,31,40H,4,6,9-10,20-24H2,1-3H3/t28-,29-,31?,35+,36-/m0/s1. The number of para-hydroxylation sites is 1. The molecule has 0 aromatic heterocycles. The van der Waals surface area contributed by atoms with Crippen molar-refractivity contribution in [2.75, 3.05) is 31.1 Å². The fourth-order valence-corrected chi connectivity index (χ4v) is 8.00. The van der Waals surface area contributed by atoms with Gasteiger partial charge in [-0.2, -0.15) is 0 Å². The van der Waals surface area contributed by atoms with Crippen LogP contribution >= 0.6 is 0 Å². The molecule has 6 rings (SSSR count). The van der Waals surface area contributed by atoms with Gasteiger partial charge in [-0.15, -0.1) is 0 Å². The Balaban J connectivity index is 1.45. The number of amides is 3. The zero-order valence-electron chi connectivity index (χ0n) is 25.9. The second kappa shape index (κ2) is 12.0. The molecule has 0 aliphatic carbocycles. The van der Waals surface area contributed by atoms with E-state index in [0.29, 0.717) is 45.4 Å². The maximum absolute atomic E-state index is 14.8. The van der Waals surface area contributed by atoms with Gasteiger partial charge in [0, 0.05) is 38.5 Å². The van der Waals surface area contributed by atoms with E-state index in [4.69, 9.17) is 4.74 Å². The van der Waals surface area contributed by atoms with E-state index in [9.17, 15) is 19.5 Å². The first-order chi connectivity index (χ1) is 21.3. The summed E-state index contributed by atoms with van der Waals surface area (Å²) in [5, 5.41) is 9.37. The number of unbranched alkanes of at least 4 members (excludes halogenated alkanes) is 2. The summed E-state index contributed by atoms with van der Waals surface area (Å²) in [5.41, 5.74) is 1.53. The van der Waals surface area contributed by atoms with Crippen LogP contribution in [0.2, 0.25) is 0 Å². The number of aliphatic hydroxyl groups excluding tert-OH is 1. The maximum atomic E-state index is 14.8. The lowest BCUT2D eigenvalue weighted by molar-refractivity contribution is -0.150. The van der Waals surface area contributed by atoms with Gasteiger partial charge in [-0.3, -0.25) is 14.4 Å². The second-order valence-electron chi connectivity index (χ2n) is 12.6. The number of benzene rings is 2. The van der Waals surface area contributed by atoms with E-state index >= 15 is 0 Å². The van der Waals surface area contributed by atoms with E-state index in [1.807, 2.05) is 98.5 Å². The van der Waals surface area contributed by atoms with Crippen molar-refractivity contribution in [2.24, 2.45) is 11.8 Å². The average Bonchev–Trinajstić information content (AvgIpc) is 3.31. The van der Waals surface area contributed by atoms with Crippen LogP contribution in [0.25, 0.3) is 0 Å². The molecule has 0 saturated carbocycles. The fraction of sp³-hybridized carbons (Fsp3) is 0.472. The van der Waals surface area contributed by atoms with E-state index in [-0.39, 0.29) is 24.3 Å². The van der Waals surface area contributed by atoms with Crippen LogP contribution in [0.5, 0.6) is 0 Å². The van der Waals surface area contributed by atoms with Gasteiger partial charge in [-0.25, -0.2) is 0 Å². The monoisotopic (exact) mass is 597 g/mol. The molecule has 2 aromatic rings. The molecule has 3 amide bonds. The van der Waals surface area contributed by atoms with Gasteiger partial charge in [0.15, 0.2) is 0 Å². The summed E-state index contributed by atoms with van der Waals surface area (Å²) in [7, 11) is 0. The van der Waals surface area contributed by atoms with Crippen LogP contribution in [0.3, 0.4) is 0 Å². The Labute approximate surface area is 260 Å². The Hall–Kier alpha value is -3.75. The van der Waals surface area contributed by atoms with Crippen molar-refractivity contribution in [1.82, 2.24) is 9.80 Å². The highest BCUT2D eigenvalue weighted by molar-refractivity contribution is 6.06. The molecule has 44 heavy (non-hydrogen) atoms. The Morgan fingerprint density at radius 1 is 0.841 bits per heavy atom. The average molecular weight is 598 g/mol. The van der Waals surface area contributed by atoms with E-state index in [2.05, 4.69) is 0 Å². The number of ether oxygens (including phenoxy) is 1. The minimum Gasteiger partial charge on any atom is -0.396 e. The van der Waals surface area contributed by atoms with Crippen LogP contribution in [0.4, 0.5) is 5.69 Å². The second-order valence-corrected chi connectivity index (χ2v) is 12.6. The normalized spacial score (nSPS) is 29.5. The summed E-state index contributed by atoms with van der Waals surface area (Å²) in [4.78, 5) is 49.4. The lowest BCUT2D eigenvalue weighted by Gasteiger charge is -2.39. The number of carbonyl (C=O) groups excluding carboxylic acids is 3. The molecule has 2 fully saturated rings. The summed E-state index contributed by atoms with van der Waals surface area (Å²) in [5.74, 6) is -2.11. The number of likely N-dealkylation sites (tertiary alicyclic amines) is 1. The number of hydrogen-bond acceptors (Lipinski definition) is 5. The van der Waals surface area contributed by atoms with E-state index in [0.717, 1.165) is 28.8 Å². The van der Waals surface area contributed by atoms with Gasteiger partial charge in [0.05, 0.1) is 17.4 Å². The smallest absolute Gasteiger partial charge is 0.253 e. The highest BCUT2D eigenvalue weighted by Crippen LogP contribution is 2.58. The van der Waals surface area contributed by atoms with Crippen molar-refractivity contribution < 1.29 is 24.2 Å². The first kappa shape index (κ1) is 30.3. The summed E-state index contributed by atoms with van der Waals surface area (Å²) in [6.45, 7) is 7.62. The molecular weight excluding hydrogens is 554 g/mol. The number of hydrogen-bond donors (Lipinski definition) is 1. The zero-order valence-corrected chi connectivity index (χ0v) is 25.9. The van der Waals surface area contributed by atoms with Crippen LogP contribution in [0.1, 0.15) is 49.3 Å². The van der Waals surface area contributed by atoms with Crippen molar-refractivity contribution in [3.05, 3.63) is 89.5 Å². The molecule has 4 aliphatic heterocycles. The largest absolute Gasteiger partial charge is 0.396 e. The minimum atomic E-state index is -1.28. The Kier molecular flexibility index (Phi) is 8.24. The molecule has 2 aromatic carbocycles. The van der Waals surface area contributed by atoms with Gasteiger partial charge in [-0.1, -0.05) is 79.8 Å². The van der Waals surface area contributed by atoms with Crippen molar-refractivity contribution in [3.63, 3.8) is 0 Å². The molecule has 0 radical (unpaired) electrons. The van der Waals surface area contributed by atoms with E-state index in [1.54, 1.807) is 9.80 Å². The number of fused-ring (bicyclic) bond motifs is 2. The molecule has 0 bridgehead atoms. The summed E-state index contributed by atoms with van der Waals surface area (Å²) in [6, 6.07) is 14.9. The first-order valence-corrected chi connectivity index (χ1v) is 15.9. The van der Waals surface area contributed by atoms with Crippen LogP contribution in [-0.4, -0.2) is 76.1 Å². The highest BCUT2D eigenvalue weighted by Gasteiger charge is 2.75. The predicted octanol–water partition coefficient (Wildman–Crippen LogP) is 4.33. The molecule has 1 spiro atoms. The zero-order chi connectivity index (χ0) is 31.1. The fourth-order valence-electron chi connectivity index (χ4n) is 8.00. The molecular formula is C36H43N3O5. The molecule has 8 nitrogen and oxygen atoms in total. The number of nitrogens with zero attached hydrogens (tertiary/aromatic N) is 3. The molecule has 2 saturated heterocycles. The first-order valence-electron chi connectivity index (χ1n) is 15.9. The number of anilines is 1. The summed E-state index contributed by atoms with van der Waals surface area (Å²) >= 11 is 0. The van der Waals surface area contributed by atoms with Gasteiger partial charge in [0.1, 0.15) is 11.6 Å². The molecule has 1 N–H and O–H groups in total. The Morgan fingerprint density at radius 3 is 2.27 bits per heavy atom. The molecule has 8 heteroatoms. The third-order valence-electron chi connectivity index (χ3n) is 10.0. The van der Waals surface area contributed by atoms with Crippen molar-refractivity contribution in [3.8, 4) is 0 Å². The van der Waals surface area contributed by atoms with E-state index in [1.165, 1.54) is 0 Å². The van der Waals surface area contributed by atoms with Crippen LogP contribution in [0.15, 0.2) is 72.8 Å². The SMILES string of the molecule is CC[C@@]12C=CCN(Cc3ccccc3)C(=O)[C@@H]1[C@H]1C(=O)N(CCCCCO)C3C(=O)N(c4c(C)cccc4C)CC=C[C@@]31O2. The highest BCUT2D eigenvalue weighted by atomic mass is 16.5. The van der Waals surface area contributed by atoms with E-state index < -0.39 is 29.1 Å². The third kappa shape index (κ3) is 4.79. The lowest BCUT2D eigenvalue weighted by Crippen LogP contribution is -2.56.